The molecule has 84 valence electrons. The van der Waals surface area contributed by atoms with Crippen molar-refractivity contribution in [1.82, 2.24) is 4.90 Å². The van der Waals surface area contributed by atoms with Gasteiger partial charge in [0.25, 0.3) is 0 Å². The zero-order valence-electron chi connectivity index (χ0n) is 9.63. The van der Waals surface area contributed by atoms with Crippen molar-refractivity contribution < 1.29 is 4.39 Å². The fourth-order valence-electron chi connectivity index (χ4n) is 1.68. The largest absolute Gasteiger partial charge is 0.326 e. The minimum Gasteiger partial charge on any atom is -0.326 e. The lowest BCUT2D eigenvalue weighted by Gasteiger charge is -2.17. The van der Waals surface area contributed by atoms with Gasteiger partial charge >= 0.3 is 0 Å². The van der Waals surface area contributed by atoms with Gasteiger partial charge in [0.05, 0.1) is 0 Å². The molecule has 0 aliphatic heterocycles. The van der Waals surface area contributed by atoms with Crippen LogP contribution < -0.4 is 5.73 Å². The number of rotatable bonds is 4. The first-order chi connectivity index (χ1) is 6.99. The summed E-state index contributed by atoms with van der Waals surface area (Å²) >= 11 is 0. The Hall–Kier alpha value is -0.930. The van der Waals surface area contributed by atoms with Crippen molar-refractivity contribution in [2.75, 3.05) is 20.6 Å². The third kappa shape index (κ3) is 3.98. The monoisotopic (exact) mass is 210 g/mol. The van der Waals surface area contributed by atoms with Gasteiger partial charge in [-0.2, -0.15) is 0 Å². The van der Waals surface area contributed by atoms with Crippen LogP contribution in [0, 0.1) is 12.7 Å². The molecule has 15 heavy (non-hydrogen) atoms. The molecule has 0 aliphatic rings. The van der Waals surface area contributed by atoms with E-state index in [1.54, 1.807) is 12.1 Å². The second-order valence-corrected chi connectivity index (χ2v) is 4.30. The van der Waals surface area contributed by atoms with Crippen molar-refractivity contribution in [3.8, 4) is 0 Å². The van der Waals surface area contributed by atoms with E-state index in [9.17, 15) is 4.39 Å². The van der Waals surface area contributed by atoms with E-state index in [1.807, 2.05) is 25.9 Å². The van der Waals surface area contributed by atoms with Gasteiger partial charge < -0.3 is 10.6 Å². The summed E-state index contributed by atoms with van der Waals surface area (Å²) < 4.78 is 13.0. The molecular formula is C12H19FN2. The predicted molar refractivity (Wildman–Crippen MR) is 61.4 cm³/mol. The van der Waals surface area contributed by atoms with Crippen molar-refractivity contribution in [3.05, 3.63) is 35.1 Å². The molecule has 1 unspecified atom stereocenters. The van der Waals surface area contributed by atoms with Crippen LogP contribution in [0.3, 0.4) is 0 Å². The molecule has 0 saturated carbocycles. The first-order valence-electron chi connectivity index (χ1n) is 5.14. The summed E-state index contributed by atoms with van der Waals surface area (Å²) in [4.78, 5) is 2.04. The minimum absolute atomic E-state index is 0.0560. The second kappa shape index (κ2) is 5.24. The summed E-state index contributed by atoms with van der Waals surface area (Å²) in [5.74, 6) is -0.187. The summed E-state index contributed by atoms with van der Waals surface area (Å²) in [6, 6.07) is 4.91. The lowest BCUT2D eigenvalue weighted by Crippen LogP contribution is -2.35. The molecule has 2 nitrogen and oxygen atoms in total. The van der Waals surface area contributed by atoms with Crippen molar-refractivity contribution >= 4 is 0 Å². The van der Waals surface area contributed by atoms with Gasteiger partial charge in [-0.1, -0.05) is 6.07 Å². The Morgan fingerprint density at radius 2 is 2.07 bits per heavy atom. The first kappa shape index (κ1) is 12.1. The quantitative estimate of drug-likeness (QED) is 0.817. The molecule has 0 aliphatic carbocycles. The van der Waals surface area contributed by atoms with Gasteiger partial charge in [-0.15, -0.1) is 0 Å². The number of likely N-dealkylation sites (N-methyl/N-ethyl adjacent to an activating group) is 1. The molecule has 0 saturated heterocycles. The molecule has 3 heteroatoms. The van der Waals surface area contributed by atoms with Crippen LogP contribution in [0.5, 0.6) is 0 Å². The van der Waals surface area contributed by atoms with Gasteiger partial charge in [-0.3, -0.25) is 0 Å². The van der Waals surface area contributed by atoms with E-state index >= 15 is 0 Å². The Kier molecular flexibility index (Phi) is 4.24. The fraction of sp³-hybridized carbons (Fsp3) is 0.500. The maximum Gasteiger partial charge on any atom is 0.123 e. The van der Waals surface area contributed by atoms with E-state index in [-0.39, 0.29) is 11.9 Å². The standard InChI is InChI=1S/C12H19FN2/c1-9-4-5-11(13)6-10(9)7-12(14)8-15(2)3/h4-6,12H,7-8,14H2,1-3H3. The van der Waals surface area contributed by atoms with Crippen molar-refractivity contribution in [1.29, 1.82) is 0 Å². The van der Waals surface area contributed by atoms with Gasteiger partial charge in [0.2, 0.25) is 0 Å². The van der Waals surface area contributed by atoms with E-state index in [0.717, 1.165) is 24.1 Å². The molecule has 1 aromatic carbocycles. The van der Waals surface area contributed by atoms with Gasteiger partial charge in [0.1, 0.15) is 5.82 Å². The van der Waals surface area contributed by atoms with E-state index < -0.39 is 0 Å². The Morgan fingerprint density at radius 1 is 1.40 bits per heavy atom. The maximum absolute atomic E-state index is 13.0. The molecule has 0 spiro atoms. The Balaban J connectivity index is 2.67. The summed E-state index contributed by atoms with van der Waals surface area (Å²) in [6.45, 7) is 2.80. The SMILES string of the molecule is Cc1ccc(F)cc1CC(N)CN(C)C. The minimum atomic E-state index is -0.187. The highest BCUT2D eigenvalue weighted by molar-refractivity contribution is 5.27. The lowest BCUT2D eigenvalue weighted by molar-refractivity contribution is 0.371. The number of aryl methyl sites for hydroxylation is 1. The smallest absolute Gasteiger partial charge is 0.123 e. The van der Waals surface area contributed by atoms with Crippen LogP contribution in [0.1, 0.15) is 11.1 Å². The topological polar surface area (TPSA) is 29.3 Å². The third-order valence-corrected chi connectivity index (χ3v) is 2.39. The third-order valence-electron chi connectivity index (χ3n) is 2.39. The van der Waals surface area contributed by atoms with E-state index in [2.05, 4.69) is 0 Å². The summed E-state index contributed by atoms with van der Waals surface area (Å²) in [5, 5.41) is 0. The number of nitrogens with two attached hydrogens (primary N) is 1. The molecule has 1 aromatic rings. The van der Waals surface area contributed by atoms with Crippen LogP contribution in [-0.4, -0.2) is 31.6 Å². The average Bonchev–Trinajstić information content (AvgIpc) is 2.10. The normalized spacial score (nSPS) is 13.2. The van der Waals surface area contributed by atoms with E-state index in [4.69, 9.17) is 5.73 Å². The molecule has 0 heterocycles. The first-order valence-corrected chi connectivity index (χ1v) is 5.14. The predicted octanol–water partition coefficient (Wildman–Crippen LogP) is 1.57. The molecule has 1 rings (SSSR count). The van der Waals surface area contributed by atoms with Crippen molar-refractivity contribution in [2.45, 2.75) is 19.4 Å². The highest BCUT2D eigenvalue weighted by atomic mass is 19.1. The molecule has 0 aromatic heterocycles. The van der Waals surface area contributed by atoms with Gasteiger partial charge in [0.15, 0.2) is 0 Å². The van der Waals surface area contributed by atoms with Crippen LogP contribution >= 0.6 is 0 Å². The molecule has 0 bridgehead atoms. The van der Waals surface area contributed by atoms with Crippen molar-refractivity contribution in [2.24, 2.45) is 5.73 Å². The lowest BCUT2D eigenvalue weighted by atomic mass is 10.0. The summed E-state index contributed by atoms with van der Waals surface area (Å²) in [5.41, 5.74) is 8.07. The van der Waals surface area contributed by atoms with Crippen LogP contribution in [0.2, 0.25) is 0 Å². The Labute approximate surface area is 90.9 Å². The Bertz CT molecular complexity index is 323. The molecule has 0 amide bonds. The maximum atomic E-state index is 13.0. The van der Waals surface area contributed by atoms with E-state index in [1.165, 1.54) is 6.07 Å². The highest BCUT2D eigenvalue weighted by Gasteiger charge is 2.08. The van der Waals surface area contributed by atoms with Crippen LogP contribution in [0.25, 0.3) is 0 Å². The Morgan fingerprint density at radius 3 is 2.67 bits per heavy atom. The number of nitrogens with zero attached hydrogens (tertiary/aromatic N) is 1. The van der Waals surface area contributed by atoms with Crippen LogP contribution in [0.4, 0.5) is 4.39 Å². The zero-order valence-corrected chi connectivity index (χ0v) is 9.63. The number of hydrogen-bond acceptors (Lipinski definition) is 2. The zero-order chi connectivity index (χ0) is 11.4. The van der Waals surface area contributed by atoms with Gasteiger partial charge in [-0.25, -0.2) is 4.39 Å². The van der Waals surface area contributed by atoms with Crippen molar-refractivity contribution in [3.63, 3.8) is 0 Å². The molecule has 0 fully saturated rings. The average molecular weight is 210 g/mol. The highest BCUT2D eigenvalue weighted by Crippen LogP contribution is 2.12. The second-order valence-electron chi connectivity index (χ2n) is 4.30. The molecular weight excluding hydrogens is 191 g/mol. The van der Waals surface area contributed by atoms with Crippen LogP contribution in [0.15, 0.2) is 18.2 Å². The fourth-order valence-corrected chi connectivity index (χ4v) is 1.68. The number of halogens is 1. The van der Waals surface area contributed by atoms with Gasteiger partial charge in [-0.05, 0) is 50.7 Å². The number of hydrogen-bond donors (Lipinski definition) is 1. The van der Waals surface area contributed by atoms with E-state index in [0.29, 0.717) is 0 Å². The summed E-state index contributed by atoms with van der Waals surface area (Å²) in [7, 11) is 3.97. The molecule has 2 N–H and O–H groups in total. The molecule has 0 radical (unpaired) electrons. The van der Waals surface area contributed by atoms with Crippen LogP contribution in [-0.2, 0) is 6.42 Å². The summed E-state index contributed by atoms with van der Waals surface area (Å²) in [6.07, 6.45) is 0.724. The number of benzene rings is 1. The molecule has 1 atom stereocenters. The van der Waals surface area contributed by atoms with Gasteiger partial charge in [0, 0.05) is 12.6 Å².